The highest BCUT2D eigenvalue weighted by molar-refractivity contribution is 6.08. The molecule has 0 radical (unpaired) electrons. The summed E-state index contributed by atoms with van der Waals surface area (Å²) in [6, 6.07) is 17.3. The van der Waals surface area contributed by atoms with E-state index in [1.54, 1.807) is 0 Å². The van der Waals surface area contributed by atoms with E-state index in [2.05, 4.69) is 53.7 Å². The molecule has 4 aromatic rings. The predicted octanol–water partition coefficient (Wildman–Crippen LogP) is 5.58. The minimum Gasteiger partial charge on any atom is -0.334 e. The predicted molar refractivity (Wildman–Crippen MR) is 101 cm³/mol. The first-order valence-corrected chi connectivity index (χ1v) is 8.73. The lowest BCUT2D eigenvalue weighted by Crippen LogP contribution is -2.05. The molecule has 0 atom stereocenters. The van der Waals surface area contributed by atoms with E-state index in [1.807, 2.05) is 18.3 Å². The van der Waals surface area contributed by atoms with Gasteiger partial charge in [0, 0.05) is 29.0 Å². The Labute approximate surface area is 146 Å². The minimum absolute atomic E-state index is 0.201. The largest absolute Gasteiger partial charge is 0.334 e. The first-order chi connectivity index (χ1) is 12.1. The van der Waals surface area contributed by atoms with Crippen LogP contribution in [-0.2, 0) is 13.0 Å². The normalized spacial score (nSPS) is 11.7. The number of pyridine rings is 1. The number of hydrogen-bond donors (Lipinski definition) is 0. The van der Waals surface area contributed by atoms with Gasteiger partial charge in [0.05, 0.1) is 11.2 Å². The monoisotopic (exact) mass is 332 g/mol. The molecule has 0 amide bonds. The van der Waals surface area contributed by atoms with E-state index in [1.165, 1.54) is 33.9 Å². The van der Waals surface area contributed by atoms with Gasteiger partial charge in [0.15, 0.2) is 0 Å². The van der Waals surface area contributed by atoms with Crippen LogP contribution in [0, 0.1) is 11.7 Å². The van der Waals surface area contributed by atoms with Crippen molar-refractivity contribution in [1.82, 2.24) is 9.55 Å². The number of para-hydroxylation sites is 1. The van der Waals surface area contributed by atoms with Crippen molar-refractivity contribution in [1.29, 1.82) is 0 Å². The SMILES string of the molecule is CC(C)Cc1nccc2c3ccccc3n(Cc3ccc(F)cc3)c12. The molecule has 2 aromatic carbocycles. The number of halogens is 1. The highest BCUT2D eigenvalue weighted by Crippen LogP contribution is 2.31. The number of rotatable bonds is 4. The number of hydrogen-bond acceptors (Lipinski definition) is 1. The van der Waals surface area contributed by atoms with Crippen LogP contribution in [0.4, 0.5) is 4.39 Å². The summed E-state index contributed by atoms with van der Waals surface area (Å²) in [5, 5.41) is 2.48. The highest BCUT2D eigenvalue weighted by atomic mass is 19.1. The number of nitrogens with zero attached hydrogens (tertiary/aromatic N) is 2. The van der Waals surface area contributed by atoms with Gasteiger partial charge in [-0.3, -0.25) is 4.98 Å². The van der Waals surface area contributed by atoms with Gasteiger partial charge < -0.3 is 4.57 Å². The Morgan fingerprint density at radius 3 is 2.48 bits per heavy atom. The summed E-state index contributed by atoms with van der Waals surface area (Å²) >= 11 is 0. The van der Waals surface area contributed by atoms with E-state index in [9.17, 15) is 4.39 Å². The van der Waals surface area contributed by atoms with E-state index in [0.717, 1.165) is 17.7 Å². The zero-order valence-corrected chi connectivity index (χ0v) is 14.5. The quantitative estimate of drug-likeness (QED) is 0.477. The summed E-state index contributed by atoms with van der Waals surface area (Å²) in [6.45, 7) is 5.14. The Bertz CT molecular complexity index is 1030. The smallest absolute Gasteiger partial charge is 0.123 e. The molecule has 0 spiro atoms. The molecular weight excluding hydrogens is 311 g/mol. The van der Waals surface area contributed by atoms with Crippen molar-refractivity contribution in [2.75, 3.05) is 0 Å². The first-order valence-electron chi connectivity index (χ1n) is 8.73. The van der Waals surface area contributed by atoms with Crippen LogP contribution in [0.15, 0.2) is 60.8 Å². The average molecular weight is 332 g/mol. The van der Waals surface area contributed by atoms with Crippen molar-refractivity contribution in [3.8, 4) is 0 Å². The third kappa shape index (κ3) is 2.91. The Morgan fingerprint density at radius 2 is 1.72 bits per heavy atom. The summed E-state index contributed by atoms with van der Waals surface area (Å²) in [6.07, 6.45) is 2.85. The maximum absolute atomic E-state index is 13.3. The number of fused-ring (bicyclic) bond motifs is 3. The van der Waals surface area contributed by atoms with Crippen molar-refractivity contribution in [3.63, 3.8) is 0 Å². The van der Waals surface area contributed by atoms with Crippen molar-refractivity contribution >= 4 is 21.8 Å². The van der Waals surface area contributed by atoms with Crippen LogP contribution in [0.2, 0.25) is 0 Å². The molecular formula is C22H21FN2. The molecule has 2 heterocycles. The molecule has 0 N–H and O–H groups in total. The lowest BCUT2D eigenvalue weighted by molar-refractivity contribution is 0.626. The summed E-state index contributed by atoms with van der Waals surface area (Å²) in [5.41, 5.74) is 4.61. The van der Waals surface area contributed by atoms with Gasteiger partial charge in [0.25, 0.3) is 0 Å². The highest BCUT2D eigenvalue weighted by Gasteiger charge is 2.15. The van der Waals surface area contributed by atoms with Crippen molar-refractivity contribution in [2.45, 2.75) is 26.8 Å². The summed E-state index contributed by atoms with van der Waals surface area (Å²) in [7, 11) is 0. The maximum atomic E-state index is 13.3. The number of benzene rings is 2. The summed E-state index contributed by atoms with van der Waals surface area (Å²) in [5.74, 6) is 0.337. The third-order valence-corrected chi connectivity index (χ3v) is 4.61. The average Bonchev–Trinajstić information content (AvgIpc) is 2.92. The maximum Gasteiger partial charge on any atom is 0.123 e. The Hall–Kier alpha value is -2.68. The van der Waals surface area contributed by atoms with Gasteiger partial charge in [-0.2, -0.15) is 0 Å². The van der Waals surface area contributed by atoms with Crippen LogP contribution in [0.3, 0.4) is 0 Å². The second kappa shape index (κ2) is 6.32. The third-order valence-electron chi connectivity index (χ3n) is 4.61. The zero-order valence-electron chi connectivity index (χ0n) is 14.5. The molecule has 0 aliphatic rings. The first kappa shape index (κ1) is 15.8. The fourth-order valence-corrected chi connectivity index (χ4v) is 3.55. The molecule has 0 aliphatic carbocycles. The van der Waals surface area contributed by atoms with Crippen LogP contribution in [0.5, 0.6) is 0 Å². The standard InChI is InChI=1S/C22H21FN2/c1-15(2)13-20-22-19(11-12-24-20)18-5-3-4-6-21(18)25(22)14-16-7-9-17(23)10-8-16/h3-12,15H,13-14H2,1-2H3. The van der Waals surface area contributed by atoms with Gasteiger partial charge in [-0.15, -0.1) is 0 Å². The van der Waals surface area contributed by atoms with Gasteiger partial charge >= 0.3 is 0 Å². The molecule has 25 heavy (non-hydrogen) atoms. The molecule has 0 saturated carbocycles. The van der Waals surface area contributed by atoms with Gasteiger partial charge in [0.1, 0.15) is 5.82 Å². The molecule has 0 fully saturated rings. The Morgan fingerprint density at radius 1 is 0.960 bits per heavy atom. The molecule has 3 heteroatoms. The summed E-state index contributed by atoms with van der Waals surface area (Å²) < 4.78 is 15.6. The lowest BCUT2D eigenvalue weighted by atomic mass is 10.1. The molecule has 126 valence electrons. The van der Waals surface area contributed by atoms with Crippen molar-refractivity contribution < 1.29 is 4.39 Å². The van der Waals surface area contributed by atoms with Gasteiger partial charge in [-0.05, 0) is 42.2 Å². The molecule has 0 saturated heterocycles. The Balaban J connectivity index is 1.97. The van der Waals surface area contributed by atoms with Crippen molar-refractivity contribution in [2.24, 2.45) is 5.92 Å². The van der Waals surface area contributed by atoms with Gasteiger partial charge in [-0.1, -0.05) is 44.2 Å². The van der Waals surface area contributed by atoms with Crippen molar-refractivity contribution in [3.05, 3.63) is 77.9 Å². The summed E-state index contributed by atoms with van der Waals surface area (Å²) in [4.78, 5) is 4.68. The molecule has 4 rings (SSSR count). The van der Waals surface area contributed by atoms with Gasteiger partial charge in [0.2, 0.25) is 0 Å². The molecule has 0 bridgehead atoms. The number of aromatic nitrogens is 2. The fraction of sp³-hybridized carbons (Fsp3) is 0.227. The van der Waals surface area contributed by atoms with E-state index in [0.29, 0.717) is 12.5 Å². The molecule has 2 aromatic heterocycles. The topological polar surface area (TPSA) is 17.8 Å². The van der Waals surface area contributed by atoms with E-state index in [-0.39, 0.29) is 5.82 Å². The second-order valence-electron chi connectivity index (χ2n) is 6.98. The van der Waals surface area contributed by atoms with E-state index in [4.69, 9.17) is 0 Å². The van der Waals surface area contributed by atoms with Crippen LogP contribution in [-0.4, -0.2) is 9.55 Å². The molecule has 2 nitrogen and oxygen atoms in total. The minimum atomic E-state index is -0.201. The fourth-order valence-electron chi connectivity index (χ4n) is 3.55. The van der Waals surface area contributed by atoms with Crippen LogP contribution in [0.25, 0.3) is 21.8 Å². The molecule has 0 aliphatic heterocycles. The van der Waals surface area contributed by atoms with Crippen LogP contribution in [0.1, 0.15) is 25.1 Å². The molecule has 0 unspecified atom stereocenters. The van der Waals surface area contributed by atoms with E-state index < -0.39 is 0 Å². The van der Waals surface area contributed by atoms with Crippen LogP contribution >= 0.6 is 0 Å². The van der Waals surface area contributed by atoms with Crippen LogP contribution < -0.4 is 0 Å². The second-order valence-corrected chi connectivity index (χ2v) is 6.98. The van der Waals surface area contributed by atoms with Gasteiger partial charge in [-0.25, -0.2) is 4.39 Å². The van der Waals surface area contributed by atoms with E-state index >= 15 is 0 Å². The lowest BCUT2D eigenvalue weighted by Gasteiger charge is -2.12. The Kier molecular flexibility index (Phi) is 4.00. The zero-order chi connectivity index (χ0) is 17.4.